The average Bonchev–Trinajstić information content (AvgIpc) is 2.30. The highest BCUT2D eigenvalue weighted by Crippen LogP contribution is 2.23. The summed E-state index contributed by atoms with van der Waals surface area (Å²) in [6, 6.07) is 13.6. The maximum absolute atomic E-state index is 5.73. The zero-order valence-electron chi connectivity index (χ0n) is 9.55. The lowest BCUT2D eigenvalue weighted by molar-refractivity contribution is 0.480. The van der Waals surface area contributed by atoms with Crippen molar-refractivity contribution in [1.82, 2.24) is 4.98 Å². The molecule has 1 aromatic carbocycles. The lowest BCUT2D eigenvalue weighted by Crippen LogP contribution is -1.93. The van der Waals surface area contributed by atoms with Gasteiger partial charge in [0.25, 0.3) is 0 Å². The summed E-state index contributed by atoms with van der Waals surface area (Å²) in [6.45, 7) is 4.24. The second-order valence-corrected chi connectivity index (χ2v) is 3.99. The molecule has 0 saturated heterocycles. The van der Waals surface area contributed by atoms with Gasteiger partial charge in [0.15, 0.2) is 0 Å². The standard InChI is InChI=1S/C14H15NO/c1-11(2)14-10-13(8-9-15-14)16-12-6-4-3-5-7-12/h3-11H,1-2H3. The van der Waals surface area contributed by atoms with Crippen LogP contribution in [-0.2, 0) is 0 Å². The number of nitrogens with zero attached hydrogens (tertiary/aromatic N) is 1. The third-order valence-electron chi connectivity index (χ3n) is 2.32. The number of hydrogen-bond donors (Lipinski definition) is 0. The maximum Gasteiger partial charge on any atom is 0.130 e. The average molecular weight is 213 g/mol. The molecule has 1 heterocycles. The molecule has 0 aliphatic heterocycles. The van der Waals surface area contributed by atoms with Crippen LogP contribution in [-0.4, -0.2) is 4.98 Å². The van der Waals surface area contributed by atoms with E-state index in [-0.39, 0.29) is 0 Å². The molecule has 0 saturated carbocycles. The molecule has 0 unspecified atom stereocenters. The molecule has 2 nitrogen and oxygen atoms in total. The summed E-state index contributed by atoms with van der Waals surface area (Å²) < 4.78 is 5.73. The molecule has 16 heavy (non-hydrogen) atoms. The zero-order chi connectivity index (χ0) is 11.4. The van der Waals surface area contributed by atoms with Gasteiger partial charge in [-0.15, -0.1) is 0 Å². The first-order chi connectivity index (χ1) is 7.75. The van der Waals surface area contributed by atoms with Gasteiger partial charge in [0, 0.05) is 18.0 Å². The summed E-state index contributed by atoms with van der Waals surface area (Å²) in [5.74, 6) is 2.10. The van der Waals surface area contributed by atoms with Crippen LogP contribution in [0, 0.1) is 0 Å². The van der Waals surface area contributed by atoms with Gasteiger partial charge in [-0.25, -0.2) is 0 Å². The highest BCUT2D eigenvalue weighted by atomic mass is 16.5. The van der Waals surface area contributed by atoms with Crippen molar-refractivity contribution >= 4 is 0 Å². The number of aromatic nitrogens is 1. The van der Waals surface area contributed by atoms with Gasteiger partial charge in [0.05, 0.1) is 0 Å². The molecule has 1 aromatic heterocycles. The number of pyridine rings is 1. The van der Waals surface area contributed by atoms with E-state index in [0.29, 0.717) is 5.92 Å². The smallest absolute Gasteiger partial charge is 0.130 e. The fraction of sp³-hybridized carbons (Fsp3) is 0.214. The minimum Gasteiger partial charge on any atom is -0.457 e. The van der Waals surface area contributed by atoms with Gasteiger partial charge >= 0.3 is 0 Å². The molecule has 0 bridgehead atoms. The largest absolute Gasteiger partial charge is 0.457 e. The summed E-state index contributed by atoms with van der Waals surface area (Å²) >= 11 is 0. The maximum atomic E-state index is 5.73. The second-order valence-electron chi connectivity index (χ2n) is 3.99. The number of para-hydroxylation sites is 1. The molecule has 0 N–H and O–H groups in total. The first-order valence-electron chi connectivity index (χ1n) is 5.44. The molecule has 0 atom stereocenters. The summed E-state index contributed by atoms with van der Waals surface area (Å²) in [7, 11) is 0. The van der Waals surface area contributed by atoms with Gasteiger partial charge in [-0.2, -0.15) is 0 Å². The summed E-state index contributed by atoms with van der Waals surface area (Å²) in [5, 5.41) is 0. The van der Waals surface area contributed by atoms with Crippen LogP contribution in [0.15, 0.2) is 48.7 Å². The van der Waals surface area contributed by atoms with Gasteiger partial charge in [-0.3, -0.25) is 4.98 Å². The molecule has 2 rings (SSSR count). The number of rotatable bonds is 3. The van der Waals surface area contributed by atoms with Crippen molar-refractivity contribution in [1.29, 1.82) is 0 Å². The normalized spacial score (nSPS) is 10.4. The van der Waals surface area contributed by atoms with E-state index in [0.717, 1.165) is 17.2 Å². The molecule has 0 fully saturated rings. The summed E-state index contributed by atoms with van der Waals surface area (Å²) in [5.41, 5.74) is 1.05. The number of benzene rings is 1. The number of hydrogen-bond acceptors (Lipinski definition) is 2. The van der Waals surface area contributed by atoms with Crippen molar-refractivity contribution in [2.24, 2.45) is 0 Å². The zero-order valence-corrected chi connectivity index (χ0v) is 9.55. The monoisotopic (exact) mass is 213 g/mol. The van der Waals surface area contributed by atoms with Gasteiger partial charge in [0.1, 0.15) is 11.5 Å². The van der Waals surface area contributed by atoms with E-state index in [2.05, 4.69) is 18.8 Å². The van der Waals surface area contributed by atoms with Gasteiger partial charge in [-0.05, 0) is 24.1 Å². The topological polar surface area (TPSA) is 22.1 Å². The molecule has 2 aromatic rings. The highest BCUT2D eigenvalue weighted by molar-refractivity contribution is 5.31. The molecular formula is C14H15NO. The van der Waals surface area contributed by atoms with Crippen LogP contribution in [0.3, 0.4) is 0 Å². The summed E-state index contributed by atoms with van der Waals surface area (Å²) in [6.07, 6.45) is 1.79. The fourth-order valence-electron chi connectivity index (χ4n) is 1.43. The van der Waals surface area contributed by atoms with Gasteiger partial charge < -0.3 is 4.74 Å². The molecular weight excluding hydrogens is 198 g/mol. The van der Waals surface area contributed by atoms with Crippen molar-refractivity contribution in [3.8, 4) is 11.5 Å². The third kappa shape index (κ3) is 2.60. The molecule has 2 heteroatoms. The Kier molecular flexibility index (Phi) is 3.20. The fourth-order valence-corrected chi connectivity index (χ4v) is 1.43. The summed E-state index contributed by atoms with van der Waals surface area (Å²) in [4.78, 5) is 4.30. The van der Waals surface area contributed by atoms with Crippen molar-refractivity contribution in [3.05, 3.63) is 54.4 Å². The van der Waals surface area contributed by atoms with E-state index in [1.54, 1.807) is 6.20 Å². The molecule has 0 spiro atoms. The minimum atomic E-state index is 0.416. The van der Waals surface area contributed by atoms with Crippen molar-refractivity contribution < 1.29 is 4.74 Å². The van der Waals surface area contributed by atoms with Gasteiger partial charge in [-0.1, -0.05) is 32.0 Å². The van der Waals surface area contributed by atoms with E-state index in [9.17, 15) is 0 Å². The predicted octanol–water partition coefficient (Wildman–Crippen LogP) is 4.00. The quantitative estimate of drug-likeness (QED) is 0.768. The lowest BCUT2D eigenvalue weighted by Gasteiger charge is -2.08. The lowest BCUT2D eigenvalue weighted by atomic mass is 10.1. The van der Waals surface area contributed by atoms with Gasteiger partial charge in [0.2, 0.25) is 0 Å². The molecule has 0 aliphatic carbocycles. The highest BCUT2D eigenvalue weighted by Gasteiger charge is 2.03. The Morgan fingerprint density at radius 3 is 2.44 bits per heavy atom. The molecule has 0 amide bonds. The van der Waals surface area contributed by atoms with Crippen LogP contribution in [0.25, 0.3) is 0 Å². The predicted molar refractivity (Wildman–Crippen MR) is 64.8 cm³/mol. The SMILES string of the molecule is CC(C)c1cc(Oc2ccccc2)ccn1. The van der Waals surface area contributed by atoms with E-state index in [1.807, 2.05) is 42.5 Å². The first kappa shape index (κ1) is 10.7. The third-order valence-corrected chi connectivity index (χ3v) is 2.32. The van der Waals surface area contributed by atoms with Crippen molar-refractivity contribution in [2.45, 2.75) is 19.8 Å². The van der Waals surface area contributed by atoms with Crippen LogP contribution in [0.4, 0.5) is 0 Å². The molecule has 0 radical (unpaired) electrons. The Hall–Kier alpha value is -1.83. The Bertz CT molecular complexity index is 451. The Labute approximate surface area is 95.9 Å². The number of ether oxygens (including phenoxy) is 1. The second kappa shape index (κ2) is 4.79. The minimum absolute atomic E-state index is 0.416. The van der Waals surface area contributed by atoms with E-state index < -0.39 is 0 Å². The first-order valence-corrected chi connectivity index (χ1v) is 5.44. The van der Waals surface area contributed by atoms with Crippen molar-refractivity contribution in [2.75, 3.05) is 0 Å². The Morgan fingerprint density at radius 2 is 1.75 bits per heavy atom. The van der Waals surface area contributed by atoms with Crippen LogP contribution >= 0.6 is 0 Å². The van der Waals surface area contributed by atoms with E-state index in [1.165, 1.54) is 0 Å². The van der Waals surface area contributed by atoms with Crippen LogP contribution in [0.5, 0.6) is 11.5 Å². The Morgan fingerprint density at radius 1 is 1.00 bits per heavy atom. The van der Waals surface area contributed by atoms with Crippen LogP contribution < -0.4 is 4.74 Å². The van der Waals surface area contributed by atoms with Crippen LogP contribution in [0.2, 0.25) is 0 Å². The van der Waals surface area contributed by atoms with E-state index in [4.69, 9.17) is 4.74 Å². The van der Waals surface area contributed by atoms with Crippen LogP contribution in [0.1, 0.15) is 25.5 Å². The molecule has 82 valence electrons. The molecule has 0 aliphatic rings. The van der Waals surface area contributed by atoms with Crippen molar-refractivity contribution in [3.63, 3.8) is 0 Å². The van der Waals surface area contributed by atoms with E-state index >= 15 is 0 Å². The Balaban J connectivity index is 2.19.